The smallest absolute Gasteiger partial charge is 0.151 e. The fourth-order valence-electron chi connectivity index (χ4n) is 0.949. The van der Waals surface area contributed by atoms with E-state index < -0.39 is 0 Å². The molecule has 2 nitrogen and oxygen atoms in total. The molecule has 0 atom stereocenters. The monoisotopic (exact) mass is 322 g/mol. The number of halogens is 2. The van der Waals surface area contributed by atoms with Gasteiger partial charge in [-0.05, 0) is 50.7 Å². The first-order chi connectivity index (χ1) is 5.27. The number of aromatic nitrogens is 2. The predicted molar refractivity (Wildman–Crippen MR) is 55.6 cm³/mol. The van der Waals surface area contributed by atoms with Crippen LogP contribution in [0.3, 0.4) is 0 Å². The Morgan fingerprint density at radius 2 is 2.36 bits per heavy atom. The summed E-state index contributed by atoms with van der Waals surface area (Å²) in [6.45, 7) is 0. The van der Waals surface area contributed by atoms with E-state index >= 15 is 0 Å². The third kappa shape index (κ3) is 1.29. The number of rotatable bonds is 0. The maximum absolute atomic E-state index is 4.28. The number of pyridine rings is 1. The van der Waals surface area contributed by atoms with Gasteiger partial charge in [0.05, 0.1) is 3.57 Å². The lowest BCUT2D eigenvalue weighted by Gasteiger charge is -1.92. The first kappa shape index (κ1) is 7.54. The van der Waals surface area contributed by atoms with Gasteiger partial charge in [-0.15, -0.1) is 0 Å². The SMILES string of the molecule is Brc1cn2cccc(I)c2n1. The predicted octanol–water partition coefficient (Wildman–Crippen LogP) is 2.70. The molecule has 56 valence electrons. The zero-order valence-corrected chi connectivity index (χ0v) is 9.20. The van der Waals surface area contributed by atoms with Crippen LogP contribution in [-0.4, -0.2) is 9.38 Å². The van der Waals surface area contributed by atoms with E-state index in [4.69, 9.17) is 0 Å². The second kappa shape index (κ2) is 2.75. The van der Waals surface area contributed by atoms with Crippen LogP contribution >= 0.6 is 38.5 Å². The number of hydrogen-bond donors (Lipinski definition) is 0. The highest BCUT2D eigenvalue weighted by atomic mass is 127. The first-order valence-electron chi connectivity index (χ1n) is 3.06. The minimum absolute atomic E-state index is 0.876. The van der Waals surface area contributed by atoms with E-state index in [0.717, 1.165) is 13.8 Å². The standard InChI is InChI=1S/C7H4BrIN2/c8-6-4-11-3-1-2-5(9)7(11)10-6/h1-4H. The molecule has 11 heavy (non-hydrogen) atoms. The minimum Gasteiger partial charge on any atom is -0.305 e. The second-order valence-corrected chi connectivity index (χ2v) is 4.13. The normalized spacial score (nSPS) is 10.7. The van der Waals surface area contributed by atoms with Crippen LogP contribution in [0, 0.1) is 3.57 Å². The van der Waals surface area contributed by atoms with Crippen LogP contribution in [0.15, 0.2) is 29.1 Å². The van der Waals surface area contributed by atoms with Crippen molar-refractivity contribution in [3.05, 3.63) is 32.7 Å². The molecule has 0 saturated carbocycles. The number of hydrogen-bond acceptors (Lipinski definition) is 1. The summed E-state index contributed by atoms with van der Waals surface area (Å²) in [6.07, 6.45) is 3.92. The third-order valence-electron chi connectivity index (χ3n) is 1.41. The molecule has 0 N–H and O–H groups in total. The van der Waals surface area contributed by atoms with Crippen molar-refractivity contribution in [2.75, 3.05) is 0 Å². The molecule has 0 unspecified atom stereocenters. The van der Waals surface area contributed by atoms with E-state index in [2.05, 4.69) is 43.5 Å². The summed E-state index contributed by atoms with van der Waals surface area (Å²) in [5, 5.41) is 0. The van der Waals surface area contributed by atoms with Gasteiger partial charge in [-0.1, -0.05) is 0 Å². The van der Waals surface area contributed by atoms with Crippen LogP contribution in [0.1, 0.15) is 0 Å². The van der Waals surface area contributed by atoms with Crippen LogP contribution < -0.4 is 0 Å². The molecule has 0 saturated heterocycles. The summed E-state index contributed by atoms with van der Waals surface area (Å²) in [7, 11) is 0. The van der Waals surface area contributed by atoms with Gasteiger partial charge < -0.3 is 4.40 Å². The van der Waals surface area contributed by atoms with Crippen molar-refractivity contribution in [3.8, 4) is 0 Å². The van der Waals surface area contributed by atoms with Crippen molar-refractivity contribution < 1.29 is 0 Å². The molecule has 0 fully saturated rings. The van der Waals surface area contributed by atoms with E-state index in [1.165, 1.54) is 0 Å². The van der Waals surface area contributed by atoms with E-state index in [9.17, 15) is 0 Å². The lowest BCUT2D eigenvalue weighted by molar-refractivity contribution is 1.18. The van der Waals surface area contributed by atoms with E-state index in [1.54, 1.807) is 0 Å². The molecule has 0 aliphatic rings. The van der Waals surface area contributed by atoms with E-state index in [-0.39, 0.29) is 0 Å². The highest BCUT2D eigenvalue weighted by molar-refractivity contribution is 14.1. The minimum atomic E-state index is 0.876. The van der Waals surface area contributed by atoms with Crippen molar-refractivity contribution in [2.45, 2.75) is 0 Å². The lowest BCUT2D eigenvalue weighted by atomic mass is 10.5. The molecule has 2 heterocycles. The summed E-state index contributed by atoms with van der Waals surface area (Å²) < 4.78 is 4.03. The molecule has 0 bridgehead atoms. The Morgan fingerprint density at radius 1 is 1.55 bits per heavy atom. The van der Waals surface area contributed by atoms with Gasteiger partial charge in [0.2, 0.25) is 0 Å². The summed E-state index contributed by atoms with van der Waals surface area (Å²) in [4.78, 5) is 4.28. The van der Waals surface area contributed by atoms with Crippen molar-refractivity contribution >= 4 is 44.2 Å². The topological polar surface area (TPSA) is 17.3 Å². The molecule has 4 heteroatoms. The fourth-order valence-corrected chi connectivity index (χ4v) is 1.94. The van der Waals surface area contributed by atoms with Crippen LogP contribution in [0.2, 0.25) is 0 Å². The summed E-state index contributed by atoms with van der Waals surface area (Å²) in [5.74, 6) is 0. The van der Waals surface area contributed by atoms with Gasteiger partial charge in [-0.2, -0.15) is 0 Å². The van der Waals surface area contributed by atoms with Gasteiger partial charge in [0.1, 0.15) is 4.60 Å². The van der Waals surface area contributed by atoms with Crippen LogP contribution in [-0.2, 0) is 0 Å². The maximum Gasteiger partial charge on any atom is 0.151 e. The lowest BCUT2D eigenvalue weighted by Crippen LogP contribution is -1.83. The average Bonchev–Trinajstić information content (AvgIpc) is 2.31. The van der Waals surface area contributed by atoms with Crippen LogP contribution in [0.5, 0.6) is 0 Å². The molecule has 0 spiro atoms. The van der Waals surface area contributed by atoms with Crippen molar-refractivity contribution in [3.63, 3.8) is 0 Å². The Bertz CT molecular complexity index is 396. The molecule has 2 rings (SSSR count). The van der Waals surface area contributed by atoms with Gasteiger partial charge in [0.25, 0.3) is 0 Å². The summed E-state index contributed by atoms with van der Waals surface area (Å²) in [5.41, 5.74) is 1.000. The molecule has 0 aliphatic heterocycles. The molecular formula is C7H4BrIN2. The number of imidazole rings is 1. The molecule has 2 aromatic heterocycles. The Labute approximate surface area is 85.9 Å². The highest BCUT2D eigenvalue weighted by Gasteiger charge is 2.00. The Morgan fingerprint density at radius 3 is 3.09 bits per heavy atom. The van der Waals surface area contributed by atoms with Crippen LogP contribution in [0.25, 0.3) is 5.65 Å². The Balaban J connectivity index is 2.90. The molecule has 0 radical (unpaired) electrons. The van der Waals surface area contributed by atoms with Crippen molar-refractivity contribution in [2.24, 2.45) is 0 Å². The van der Waals surface area contributed by atoms with Crippen molar-refractivity contribution in [1.29, 1.82) is 0 Å². The zero-order chi connectivity index (χ0) is 7.84. The quantitative estimate of drug-likeness (QED) is 0.682. The molecule has 0 aliphatic carbocycles. The second-order valence-electron chi connectivity index (χ2n) is 2.15. The molecule has 0 amide bonds. The number of nitrogens with zero attached hydrogens (tertiary/aromatic N) is 2. The van der Waals surface area contributed by atoms with Gasteiger partial charge >= 0.3 is 0 Å². The summed E-state index contributed by atoms with van der Waals surface area (Å²) >= 11 is 5.59. The van der Waals surface area contributed by atoms with Gasteiger partial charge in [0, 0.05) is 12.4 Å². The molecule has 2 aromatic rings. The number of fused-ring (bicyclic) bond motifs is 1. The first-order valence-corrected chi connectivity index (χ1v) is 4.93. The largest absolute Gasteiger partial charge is 0.305 e. The fraction of sp³-hybridized carbons (Fsp3) is 0. The van der Waals surface area contributed by atoms with Gasteiger partial charge in [0.15, 0.2) is 5.65 Å². The Hall–Kier alpha value is -0.100. The Kier molecular flexibility index (Phi) is 1.88. The molecular weight excluding hydrogens is 319 g/mol. The molecule has 0 aromatic carbocycles. The highest BCUT2D eigenvalue weighted by Crippen LogP contribution is 2.15. The van der Waals surface area contributed by atoms with Crippen LogP contribution in [0.4, 0.5) is 0 Å². The van der Waals surface area contributed by atoms with E-state index in [0.29, 0.717) is 0 Å². The maximum atomic E-state index is 4.28. The van der Waals surface area contributed by atoms with Gasteiger partial charge in [-0.25, -0.2) is 4.98 Å². The average molecular weight is 323 g/mol. The van der Waals surface area contributed by atoms with Gasteiger partial charge in [-0.3, -0.25) is 0 Å². The van der Waals surface area contributed by atoms with Crippen molar-refractivity contribution in [1.82, 2.24) is 9.38 Å². The zero-order valence-electron chi connectivity index (χ0n) is 5.46. The van der Waals surface area contributed by atoms with E-state index in [1.807, 2.05) is 28.9 Å². The third-order valence-corrected chi connectivity index (χ3v) is 2.63. The summed E-state index contributed by atoms with van der Waals surface area (Å²) in [6, 6.07) is 4.04.